The number of carbonyl (C=O) groups excluding carboxylic acids is 1. The van der Waals surface area contributed by atoms with Crippen LogP contribution in [0.3, 0.4) is 0 Å². The van der Waals surface area contributed by atoms with Crippen molar-refractivity contribution in [2.75, 3.05) is 19.5 Å². The molecule has 0 aliphatic carbocycles. The van der Waals surface area contributed by atoms with Crippen molar-refractivity contribution in [2.24, 2.45) is 0 Å². The predicted octanol–water partition coefficient (Wildman–Crippen LogP) is 4.65. The Morgan fingerprint density at radius 3 is 2.52 bits per heavy atom. The Balaban J connectivity index is 1.66. The predicted molar refractivity (Wildman–Crippen MR) is 121 cm³/mol. The Morgan fingerprint density at radius 2 is 1.81 bits per heavy atom. The number of aryl methyl sites for hydroxylation is 1. The lowest BCUT2D eigenvalue weighted by Gasteiger charge is -2.11. The maximum atomic E-state index is 12.2. The molecule has 0 saturated carbocycles. The summed E-state index contributed by atoms with van der Waals surface area (Å²) in [7, 11) is 3.12. The maximum Gasteiger partial charge on any atom is 0.266 e. The number of hydrogen-bond acceptors (Lipinski definition) is 5. The number of benzene rings is 2. The van der Waals surface area contributed by atoms with E-state index in [1.165, 1.54) is 10.7 Å². The van der Waals surface area contributed by atoms with Crippen molar-refractivity contribution in [3.05, 3.63) is 68.9 Å². The molecule has 2 aromatic carbocycles. The third-order valence-electron chi connectivity index (χ3n) is 4.52. The first-order chi connectivity index (χ1) is 14.9. The zero-order valence-electron chi connectivity index (χ0n) is 17.0. The number of ether oxygens (including phenoxy) is 2. The molecule has 1 N–H and O–H groups in total. The molecule has 0 spiro atoms. The summed E-state index contributed by atoms with van der Waals surface area (Å²) in [6, 6.07) is 13.3. The van der Waals surface area contributed by atoms with Gasteiger partial charge in [0.1, 0.15) is 0 Å². The fourth-order valence-corrected chi connectivity index (χ4v) is 3.41. The minimum Gasteiger partial charge on any atom is -0.493 e. The van der Waals surface area contributed by atoms with E-state index < -0.39 is 0 Å². The molecule has 0 bridgehead atoms. The number of nitrogens with one attached hydrogen (secondary N) is 1. The second kappa shape index (κ2) is 10.3. The van der Waals surface area contributed by atoms with Gasteiger partial charge < -0.3 is 14.8 Å². The summed E-state index contributed by atoms with van der Waals surface area (Å²) in [5.74, 6) is 0.955. The van der Waals surface area contributed by atoms with E-state index in [9.17, 15) is 9.59 Å². The Morgan fingerprint density at radius 1 is 1.03 bits per heavy atom. The average molecular weight is 462 g/mol. The molecule has 0 radical (unpaired) electrons. The first-order valence-electron chi connectivity index (χ1n) is 9.46. The highest BCUT2D eigenvalue weighted by Gasteiger charge is 2.10. The number of hydrogen-bond donors (Lipinski definition) is 1. The summed E-state index contributed by atoms with van der Waals surface area (Å²) in [6.45, 7) is 0.293. The molecule has 0 aliphatic heterocycles. The lowest BCUT2D eigenvalue weighted by Crippen LogP contribution is -2.23. The Hall–Kier alpha value is -3.03. The quantitative estimate of drug-likeness (QED) is 0.527. The zero-order valence-corrected chi connectivity index (χ0v) is 18.5. The lowest BCUT2D eigenvalue weighted by molar-refractivity contribution is -0.116. The van der Waals surface area contributed by atoms with E-state index in [4.69, 9.17) is 32.7 Å². The number of halogens is 2. The molecule has 162 valence electrons. The van der Waals surface area contributed by atoms with Crippen molar-refractivity contribution in [3.8, 4) is 22.8 Å². The second-order valence-electron chi connectivity index (χ2n) is 6.63. The van der Waals surface area contributed by atoms with E-state index in [0.29, 0.717) is 45.9 Å². The van der Waals surface area contributed by atoms with Crippen LogP contribution in [-0.4, -0.2) is 29.9 Å². The standard InChI is InChI=1S/C22H21Cl2N3O4/c1-30-19-9-5-14(12-20(19)31-2)17-8-10-22(29)27(26-17)11-3-4-21(28)25-18-7-6-15(23)13-16(18)24/h5-10,12-13H,3-4,11H2,1-2H3,(H,25,28). The van der Waals surface area contributed by atoms with E-state index in [0.717, 1.165) is 5.56 Å². The van der Waals surface area contributed by atoms with Crippen LogP contribution in [0.4, 0.5) is 5.69 Å². The van der Waals surface area contributed by atoms with Crippen molar-refractivity contribution < 1.29 is 14.3 Å². The van der Waals surface area contributed by atoms with Crippen LogP contribution in [-0.2, 0) is 11.3 Å². The molecule has 9 heteroatoms. The van der Waals surface area contributed by atoms with Gasteiger partial charge in [0, 0.05) is 29.6 Å². The van der Waals surface area contributed by atoms with E-state index in [1.807, 2.05) is 6.07 Å². The molecule has 0 fully saturated rings. The van der Waals surface area contributed by atoms with Gasteiger partial charge in [-0.25, -0.2) is 4.68 Å². The van der Waals surface area contributed by atoms with Crippen molar-refractivity contribution in [1.29, 1.82) is 0 Å². The Labute approximate surface area is 189 Å². The van der Waals surface area contributed by atoms with Gasteiger partial charge in [0.05, 0.1) is 30.6 Å². The maximum absolute atomic E-state index is 12.2. The number of anilines is 1. The van der Waals surface area contributed by atoms with Crippen LogP contribution in [0.1, 0.15) is 12.8 Å². The third-order valence-corrected chi connectivity index (χ3v) is 5.07. The van der Waals surface area contributed by atoms with Gasteiger partial charge in [-0.15, -0.1) is 0 Å². The second-order valence-corrected chi connectivity index (χ2v) is 7.47. The van der Waals surface area contributed by atoms with Gasteiger partial charge in [-0.05, 0) is 48.9 Å². The SMILES string of the molecule is COc1ccc(-c2ccc(=O)n(CCCC(=O)Nc3ccc(Cl)cc3Cl)n2)cc1OC. The number of rotatable bonds is 8. The Bertz CT molecular complexity index is 1150. The summed E-state index contributed by atoms with van der Waals surface area (Å²) in [6.07, 6.45) is 0.632. The summed E-state index contributed by atoms with van der Waals surface area (Å²) < 4.78 is 11.9. The van der Waals surface area contributed by atoms with Crippen LogP contribution >= 0.6 is 23.2 Å². The van der Waals surface area contributed by atoms with E-state index in [2.05, 4.69) is 10.4 Å². The third kappa shape index (κ3) is 5.77. The molecule has 3 rings (SSSR count). The van der Waals surface area contributed by atoms with Gasteiger partial charge in [0.15, 0.2) is 11.5 Å². The summed E-state index contributed by atoms with van der Waals surface area (Å²) in [4.78, 5) is 24.4. The van der Waals surface area contributed by atoms with Gasteiger partial charge >= 0.3 is 0 Å². The highest BCUT2D eigenvalue weighted by atomic mass is 35.5. The minimum atomic E-state index is -0.245. The van der Waals surface area contributed by atoms with E-state index >= 15 is 0 Å². The number of aromatic nitrogens is 2. The van der Waals surface area contributed by atoms with E-state index in [1.54, 1.807) is 50.6 Å². The first-order valence-corrected chi connectivity index (χ1v) is 10.2. The van der Waals surface area contributed by atoms with Crippen LogP contribution in [0.5, 0.6) is 11.5 Å². The fourth-order valence-electron chi connectivity index (χ4n) is 2.95. The van der Waals surface area contributed by atoms with Crippen molar-refractivity contribution in [1.82, 2.24) is 9.78 Å². The number of nitrogens with zero attached hydrogens (tertiary/aromatic N) is 2. The molecular formula is C22H21Cl2N3O4. The van der Waals surface area contributed by atoms with E-state index in [-0.39, 0.29) is 17.9 Å². The molecular weight excluding hydrogens is 441 g/mol. The molecule has 7 nitrogen and oxygen atoms in total. The molecule has 3 aromatic rings. The van der Waals surface area contributed by atoms with Crippen LogP contribution in [0.25, 0.3) is 11.3 Å². The van der Waals surface area contributed by atoms with Crippen molar-refractivity contribution >= 4 is 34.8 Å². The van der Waals surface area contributed by atoms with Gasteiger partial charge in [-0.2, -0.15) is 5.10 Å². The van der Waals surface area contributed by atoms with Crippen LogP contribution in [0.2, 0.25) is 10.0 Å². The topological polar surface area (TPSA) is 82.5 Å². The van der Waals surface area contributed by atoms with Crippen molar-refractivity contribution in [3.63, 3.8) is 0 Å². The number of methoxy groups -OCH3 is 2. The highest BCUT2D eigenvalue weighted by Crippen LogP contribution is 2.31. The molecule has 1 aromatic heterocycles. The number of amides is 1. The number of carbonyl (C=O) groups is 1. The van der Waals surface area contributed by atoms with Gasteiger partial charge in [0.2, 0.25) is 5.91 Å². The molecule has 0 saturated heterocycles. The molecule has 1 heterocycles. The fraction of sp³-hybridized carbons (Fsp3) is 0.227. The van der Waals surface area contributed by atoms with Gasteiger partial charge in [-0.3, -0.25) is 9.59 Å². The first kappa shape index (κ1) is 22.7. The summed E-state index contributed by atoms with van der Waals surface area (Å²) in [5.41, 5.74) is 1.63. The lowest BCUT2D eigenvalue weighted by atomic mass is 10.1. The van der Waals surface area contributed by atoms with Crippen LogP contribution in [0.15, 0.2) is 53.3 Å². The summed E-state index contributed by atoms with van der Waals surface area (Å²) >= 11 is 11.9. The summed E-state index contributed by atoms with van der Waals surface area (Å²) in [5, 5.41) is 8.01. The van der Waals surface area contributed by atoms with Crippen molar-refractivity contribution in [2.45, 2.75) is 19.4 Å². The highest BCUT2D eigenvalue weighted by molar-refractivity contribution is 6.36. The largest absolute Gasteiger partial charge is 0.493 e. The molecule has 31 heavy (non-hydrogen) atoms. The van der Waals surface area contributed by atoms with Gasteiger partial charge in [0.25, 0.3) is 5.56 Å². The molecule has 1 amide bonds. The van der Waals surface area contributed by atoms with Crippen LogP contribution in [0, 0.1) is 0 Å². The average Bonchev–Trinajstić information content (AvgIpc) is 2.76. The molecule has 0 atom stereocenters. The Kier molecular flexibility index (Phi) is 7.55. The van der Waals surface area contributed by atoms with Gasteiger partial charge in [-0.1, -0.05) is 23.2 Å². The molecule has 0 aliphatic rings. The minimum absolute atomic E-state index is 0.202. The van der Waals surface area contributed by atoms with Crippen LogP contribution < -0.4 is 20.3 Å². The smallest absolute Gasteiger partial charge is 0.266 e. The molecule has 0 unspecified atom stereocenters. The zero-order chi connectivity index (χ0) is 22.4. The normalized spacial score (nSPS) is 10.6. The monoisotopic (exact) mass is 461 g/mol.